The van der Waals surface area contributed by atoms with Gasteiger partial charge in [0, 0.05) is 29.9 Å². The number of rotatable bonds is 14. The van der Waals surface area contributed by atoms with Gasteiger partial charge in [-0.15, -0.1) is 0 Å². The number of imide groups is 1. The maximum atomic E-state index is 13.3. The molecular weight excluding hydrogens is 732 g/mol. The van der Waals surface area contributed by atoms with E-state index in [1.54, 1.807) is 22.9 Å². The Labute approximate surface area is 330 Å². The van der Waals surface area contributed by atoms with Crippen LogP contribution in [0.4, 0.5) is 0 Å². The number of nitrogens with one attached hydrogen (secondary N) is 1. The van der Waals surface area contributed by atoms with E-state index in [0.717, 1.165) is 51.4 Å². The summed E-state index contributed by atoms with van der Waals surface area (Å²) in [5, 5.41) is 19.4. The molecule has 0 spiro atoms. The fourth-order valence-corrected chi connectivity index (χ4v) is 7.30. The number of amides is 3. The molecule has 0 aliphatic carbocycles. The molecule has 5 aromatic rings. The summed E-state index contributed by atoms with van der Waals surface area (Å²) in [6.07, 6.45) is 2.43. The lowest BCUT2D eigenvalue weighted by Crippen LogP contribution is -2.51. The van der Waals surface area contributed by atoms with Crippen molar-refractivity contribution in [3.63, 3.8) is 0 Å². The highest BCUT2D eigenvalue weighted by Crippen LogP contribution is 2.45. The van der Waals surface area contributed by atoms with Gasteiger partial charge in [-0.05, 0) is 104 Å². The van der Waals surface area contributed by atoms with Gasteiger partial charge in [-0.25, -0.2) is 0 Å². The summed E-state index contributed by atoms with van der Waals surface area (Å²) in [4.78, 5) is 40.0. The summed E-state index contributed by atoms with van der Waals surface area (Å²) >= 11 is 6.34. The molecule has 56 heavy (non-hydrogen) atoms. The van der Waals surface area contributed by atoms with Crippen molar-refractivity contribution in [2.24, 2.45) is 7.05 Å². The molecule has 2 N–H and O–H groups in total. The Bertz CT molecular complexity index is 2330. The highest BCUT2D eigenvalue weighted by Gasteiger charge is 2.45. The topological polar surface area (TPSA) is 132 Å². The predicted octanol–water partition coefficient (Wildman–Crippen LogP) is 7.73. The van der Waals surface area contributed by atoms with Gasteiger partial charge in [0.15, 0.2) is 0 Å². The third-order valence-electron chi connectivity index (χ3n) is 10.1. The Morgan fingerprint density at radius 1 is 0.875 bits per heavy atom. The number of piperidine rings is 1. The fraction of sp³-hybridized carbons (Fsp3) is 0.273. The van der Waals surface area contributed by atoms with E-state index < -0.39 is 23.8 Å². The highest BCUT2D eigenvalue weighted by molar-refractivity contribution is 6.31. The van der Waals surface area contributed by atoms with Crippen LogP contribution in [0.15, 0.2) is 91.1 Å². The molecule has 2 aliphatic heterocycles. The number of phenols is 1. The van der Waals surface area contributed by atoms with E-state index in [4.69, 9.17) is 25.8 Å². The Morgan fingerprint density at radius 3 is 2.38 bits per heavy atom. The molecule has 1 atom stereocenters. The van der Waals surface area contributed by atoms with E-state index in [9.17, 15) is 19.5 Å². The van der Waals surface area contributed by atoms with E-state index in [1.165, 1.54) is 0 Å². The van der Waals surface area contributed by atoms with Crippen LogP contribution in [-0.4, -0.2) is 63.4 Å². The quantitative estimate of drug-likeness (QED) is 0.0866. The minimum Gasteiger partial charge on any atom is -0.506 e. The van der Waals surface area contributed by atoms with Crippen LogP contribution in [0.5, 0.6) is 17.2 Å². The molecule has 2 aliphatic rings. The number of nitrogens with zero attached hydrogens (tertiary/aromatic N) is 3. The van der Waals surface area contributed by atoms with E-state index in [-0.39, 0.29) is 23.5 Å². The number of aromatic hydroxyl groups is 1. The Kier molecular flexibility index (Phi) is 11.3. The first-order valence-electron chi connectivity index (χ1n) is 18.5. The standard InChI is InChI=1S/C44H43ClN4O7/c1-26-23-31(15-17-34(26)45)39-38(19-16-32(41(39)50)36-24-28(3)47-48(36)4)56-25-30-13-11-29(12-14-30)7-6-20-54-21-22-55-37-9-5-8-33-40(37)44(53)49(43(33)52)35-18-10-27(2)46-42(35)51/h5,8-9,11-17,19,23-24,35,50H,2,6-7,10,18,20-22,25H2,1,3-4H3,(H,46,51). The number of carbonyl (C=O) groups is 3. The van der Waals surface area contributed by atoms with Crippen LogP contribution >= 0.6 is 11.6 Å². The number of phenolic OH excluding ortho intramolecular Hbond substituents is 1. The largest absolute Gasteiger partial charge is 0.506 e. The molecule has 7 rings (SSSR count). The van der Waals surface area contributed by atoms with Gasteiger partial charge in [-0.2, -0.15) is 5.10 Å². The van der Waals surface area contributed by atoms with Crippen molar-refractivity contribution in [2.75, 3.05) is 19.8 Å². The monoisotopic (exact) mass is 774 g/mol. The number of aryl methyl sites for hydroxylation is 4. The number of halogens is 1. The van der Waals surface area contributed by atoms with E-state index in [2.05, 4.69) is 29.1 Å². The first-order valence-corrected chi connectivity index (χ1v) is 18.9. The normalized spacial score (nSPS) is 15.3. The van der Waals surface area contributed by atoms with Crippen LogP contribution in [0.2, 0.25) is 5.02 Å². The number of carbonyl (C=O) groups excluding carboxylic acids is 3. The van der Waals surface area contributed by atoms with Crippen molar-refractivity contribution in [3.05, 3.63) is 130 Å². The van der Waals surface area contributed by atoms with Gasteiger partial charge in [0.25, 0.3) is 11.8 Å². The third-order valence-corrected chi connectivity index (χ3v) is 10.5. The number of hydrogen-bond acceptors (Lipinski definition) is 8. The summed E-state index contributed by atoms with van der Waals surface area (Å²) in [6, 6.07) is 23.5. The van der Waals surface area contributed by atoms with Gasteiger partial charge in [0.05, 0.1) is 34.7 Å². The van der Waals surface area contributed by atoms with Crippen molar-refractivity contribution >= 4 is 29.3 Å². The lowest BCUT2D eigenvalue weighted by Gasteiger charge is -2.29. The molecule has 0 saturated carbocycles. The number of benzene rings is 4. The van der Waals surface area contributed by atoms with E-state index in [0.29, 0.717) is 66.0 Å². The molecule has 1 fully saturated rings. The second kappa shape index (κ2) is 16.4. The number of aromatic nitrogens is 2. The molecule has 4 aromatic carbocycles. The molecule has 1 aromatic heterocycles. The minimum absolute atomic E-state index is 0.108. The van der Waals surface area contributed by atoms with Crippen LogP contribution in [0, 0.1) is 13.8 Å². The average molecular weight is 775 g/mol. The van der Waals surface area contributed by atoms with Crippen LogP contribution in [0.3, 0.4) is 0 Å². The van der Waals surface area contributed by atoms with Crippen LogP contribution in [0.25, 0.3) is 22.4 Å². The fourth-order valence-electron chi connectivity index (χ4n) is 7.18. The zero-order chi connectivity index (χ0) is 39.5. The molecule has 288 valence electrons. The average Bonchev–Trinajstić information content (AvgIpc) is 3.65. The Balaban J connectivity index is 0.899. The third kappa shape index (κ3) is 7.91. The molecule has 1 saturated heterocycles. The first kappa shape index (κ1) is 38.4. The number of hydrogen-bond donors (Lipinski definition) is 2. The van der Waals surface area contributed by atoms with Crippen LogP contribution in [-0.2, 0) is 29.6 Å². The van der Waals surface area contributed by atoms with Crippen molar-refractivity contribution < 1.29 is 33.7 Å². The molecule has 3 amide bonds. The number of allylic oxidation sites excluding steroid dienone is 1. The minimum atomic E-state index is -0.881. The first-order chi connectivity index (χ1) is 27.0. The van der Waals surface area contributed by atoms with Gasteiger partial charge in [-0.1, -0.05) is 54.6 Å². The molecular formula is C44H43ClN4O7. The maximum Gasteiger partial charge on any atom is 0.266 e. The van der Waals surface area contributed by atoms with Crippen molar-refractivity contribution in [1.29, 1.82) is 0 Å². The van der Waals surface area contributed by atoms with Crippen molar-refractivity contribution in [1.82, 2.24) is 20.0 Å². The molecule has 0 bridgehead atoms. The lowest BCUT2D eigenvalue weighted by molar-refractivity contribution is -0.125. The molecule has 12 heteroatoms. The number of fused-ring (bicyclic) bond motifs is 1. The zero-order valence-electron chi connectivity index (χ0n) is 31.6. The molecule has 3 heterocycles. The smallest absolute Gasteiger partial charge is 0.266 e. The molecule has 0 radical (unpaired) electrons. The predicted molar refractivity (Wildman–Crippen MR) is 213 cm³/mol. The summed E-state index contributed by atoms with van der Waals surface area (Å²) in [5.41, 5.74) is 7.70. The summed E-state index contributed by atoms with van der Waals surface area (Å²) < 4.78 is 19.8. The van der Waals surface area contributed by atoms with Gasteiger partial charge in [0.1, 0.15) is 36.5 Å². The van der Waals surface area contributed by atoms with Gasteiger partial charge < -0.3 is 24.6 Å². The van der Waals surface area contributed by atoms with Crippen LogP contribution in [0.1, 0.15) is 62.4 Å². The summed E-state index contributed by atoms with van der Waals surface area (Å²) in [7, 11) is 1.85. The summed E-state index contributed by atoms with van der Waals surface area (Å²) in [5.74, 6) is -0.489. The van der Waals surface area contributed by atoms with Gasteiger partial charge in [0.2, 0.25) is 5.91 Å². The lowest BCUT2D eigenvalue weighted by atomic mass is 9.97. The number of ether oxygens (including phenoxy) is 3. The van der Waals surface area contributed by atoms with Gasteiger partial charge >= 0.3 is 0 Å². The van der Waals surface area contributed by atoms with Crippen molar-refractivity contribution in [3.8, 4) is 39.6 Å². The van der Waals surface area contributed by atoms with E-state index >= 15 is 0 Å². The summed E-state index contributed by atoms with van der Waals surface area (Å²) in [6.45, 7) is 8.93. The second-order valence-corrected chi connectivity index (χ2v) is 14.5. The van der Waals surface area contributed by atoms with E-state index in [1.807, 2.05) is 69.4 Å². The molecule has 1 unspecified atom stereocenters. The zero-order valence-corrected chi connectivity index (χ0v) is 32.3. The highest BCUT2D eigenvalue weighted by atomic mass is 35.5. The maximum absolute atomic E-state index is 13.3. The van der Waals surface area contributed by atoms with Crippen LogP contribution < -0.4 is 14.8 Å². The van der Waals surface area contributed by atoms with Crippen molar-refractivity contribution in [2.45, 2.75) is 52.2 Å². The molecule has 11 nitrogen and oxygen atoms in total. The SMILES string of the molecule is C=C1CCC(N2C(=O)c3cccc(OCCOCCCc4ccc(COc5ccc(-c6cc(C)nn6C)c(O)c5-c5ccc(Cl)c(C)c5)cc4)c3C2=O)C(=O)N1. The second-order valence-electron chi connectivity index (χ2n) is 14.1. The Hall–Kier alpha value is -5.91. The van der Waals surface area contributed by atoms with Gasteiger partial charge in [-0.3, -0.25) is 24.0 Å². The Morgan fingerprint density at radius 2 is 1.64 bits per heavy atom.